The van der Waals surface area contributed by atoms with E-state index in [2.05, 4.69) is 10.3 Å². The molecule has 2 aromatic carbocycles. The normalized spacial score (nSPS) is 13.0. The summed E-state index contributed by atoms with van der Waals surface area (Å²) in [6.07, 6.45) is 1.70. The highest BCUT2D eigenvalue weighted by molar-refractivity contribution is 5.90. The van der Waals surface area contributed by atoms with Crippen molar-refractivity contribution < 1.29 is 4.79 Å². The molecule has 0 aliphatic rings. The van der Waals surface area contributed by atoms with Crippen LogP contribution in [0.2, 0.25) is 0 Å². The van der Waals surface area contributed by atoms with Crippen molar-refractivity contribution in [2.75, 3.05) is 5.32 Å². The van der Waals surface area contributed by atoms with Gasteiger partial charge in [0.15, 0.2) is 0 Å². The van der Waals surface area contributed by atoms with Gasteiger partial charge in [-0.15, -0.1) is 0 Å². The number of amides is 1. The van der Waals surface area contributed by atoms with Crippen LogP contribution in [0.5, 0.6) is 0 Å². The van der Waals surface area contributed by atoms with Crippen molar-refractivity contribution in [3.8, 4) is 0 Å². The minimum absolute atomic E-state index is 0.608. The highest BCUT2D eigenvalue weighted by Gasteiger charge is 2.36. The first-order valence-electron chi connectivity index (χ1n) is 7.53. The van der Waals surface area contributed by atoms with E-state index in [1.54, 1.807) is 24.4 Å². The van der Waals surface area contributed by atoms with Crippen molar-refractivity contribution in [1.82, 2.24) is 4.98 Å². The maximum Gasteiger partial charge on any atom is 0.246 e. The topological polar surface area (TPSA) is 94.0 Å². The van der Waals surface area contributed by atoms with Crippen molar-refractivity contribution >= 4 is 17.4 Å². The third-order valence-electron chi connectivity index (χ3n) is 3.87. The third kappa shape index (κ3) is 2.98. The Morgan fingerprint density at radius 1 is 0.917 bits per heavy atom. The average molecular weight is 318 g/mol. The van der Waals surface area contributed by atoms with E-state index in [1.165, 1.54) is 0 Å². The molecule has 120 valence electrons. The predicted octanol–water partition coefficient (Wildman–Crippen LogP) is 2.51. The van der Waals surface area contributed by atoms with Gasteiger partial charge in [0, 0.05) is 11.9 Å². The molecule has 0 radical (unpaired) electrons. The Hall–Kier alpha value is -3.18. The third-order valence-corrected chi connectivity index (χ3v) is 3.87. The molecule has 0 aliphatic carbocycles. The number of carbonyl (C=O) groups is 1. The van der Waals surface area contributed by atoms with E-state index < -0.39 is 11.4 Å². The quantitative estimate of drug-likeness (QED) is 0.674. The lowest BCUT2D eigenvalue weighted by atomic mass is 9.83. The van der Waals surface area contributed by atoms with Gasteiger partial charge in [-0.25, -0.2) is 4.98 Å². The second-order valence-corrected chi connectivity index (χ2v) is 5.46. The summed E-state index contributed by atoms with van der Waals surface area (Å²) < 4.78 is 0. The molecular weight excluding hydrogens is 300 g/mol. The van der Waals surface area contributed by atoms with Crippen molar-refractivity contribution in [2.24, 2.45) is 11.5 Å². The van der Waals surface area contributed by atoms with Crippen molar-refractivity contribution in [3.05, 3.63) is 90.1 Å². The summed E-state index contributed by atoms with van der Waals surface area (Å²) in [5.41, 5.74) is 12.7. The summed E-state index contributed by atoms with van der Waals surface area (Å²) in [5.74, 6) is 0.0970. The monoisotopic (exact) mass is 318 g/mol. The number of carbonyl (C=O) groups excluding carboxylic acids is 1. The number of nitrogens with two attached hydrogens (primary N) is 2. The van der Waals surface area contributed by atoms with E-state index in [1.807, 2.05) is 54.6 Å². The van der Waals surface area contributed by atoms with E-state index >= 15 is 0 Å². The fourth-order valence-electron chi connectivity index (χ4n) is 2.58. The number of aromatic nitrogens is 1. The van der Waals surface area contributed by atoms with E-state index in [0.29, 0.717) is 16.9 Å². The lowest BCUT2D eigenvalue weighted by Crippen LogP contribution is -2.50. The Labute approximate surface area is 140 Å². The number of benzene rings is 2. The Kier molecular flexibility index (Phi) is 4.26. The number of anilines is 2. The molecule has 1 heterocycles. The lowest BCUT2D eigenvalue weighted by molar-refractivity contribution is -0.122. The number of primary amides is 1. The van der Waals surface area contributed by atoms with Crippen LogP contribution in [0.4, 0.5) is 11.5 Å². The van der Waals surface area contributed by atoms with E-state index in [4.69, 9.17) is 11.5 Å². The molecule has 0 bridgehead atoms. The van der Waals surface area contributed by atoms with Crippen molar-refractivity contribution in [1.29, 1.82) is 0 Å². The molecule has 1 amide bonds. The van der Waals surface area contributed by atoms with Crippen LogP contribution < -0.4 is 16.8 Å². The highest BCUT2D eigenvalue weighted by atomic mass is 16.1. The number of rotatable bonds is 5. The summed E-state index contributed by atoms with van der Waals surface area (Å²) in [6, 6.07) is 22.0. The predicted molar refractivity (Wildman–Crippen MR) is 94.6 cm³/mol. The SMILES string of the molecule is NC(=O)C(N)(c1ccccc1)c1cccc(Nc2ccccn2)c1. The lowest BCUT2D eigenvalue weighted by Gasteiger charge is -2.27. The number of nitrogens with one attached hydrogen (secondary N) is 1. The molecule has 24 heavy (non-hydrogen) atoms. The van der Waals surface area contributed by atoms with E-state index in [-0.39, 0.29) is 0 Å². The van der Waals surface area contributed by atoms with Crippen LogP contribution in [0.25, 0.3) is 0 Å². The zero-order valence-corrected chi connectivity index (χ0v) is 13.0. The van der Waals surface area contributed by atoms with Gasteiger partial charge in [-0.05, 0) is 35.4 Å². The van der Waals surface area contributed by atoms with Gasteiger partial charge in [0.25, 0.3) is 0 Å². The van der Waals surface area contributed by atoms with Crippen LogP contribution in [0, 0.1) is 0 Å². The Bertz CT molecular complexity index is 836. The van der Waals surface area contributed by atoms with Crippen LogP contribution in [-0.4, -0.2) is 10.9 Å². The smallest absolute Gasteiger partial charge is 0.246 e. The molecule has 3 aromatic rings. The van der Waals surface area contributed by atoms with Gasteiger partial charge >= 0.3 is 0 Å². The minimum Gasteiger partial charge on any atom is -0.367 e. The summed E-state index contributed by atoms with van der Waals surface area (Å²) in [6.45, 7) is 0. The molecule has 1 atom stereocenters. The van der Waals surface area contributed by atoms with Gasteiger partial charge in [0.2, 0.25) is 5.91 Å². The minimum atomic E-state index is -1.40. The van der Waals surface area contributed by atoms with Crippen LogP contribution in [-0.2, 0) is 10.3 Å². The highest BCUT2D eigenvalue weighted by Crippen LogP contribution is 2.29. The van der Waals surface area contributed by atoms with Crippen LogP contribution >= 0.6 is 0 Å². The Balaban J connectivity index is 2.01. The fourth-order valence-corrected chi connectivity index (χ4v) is 2.58. The Morgan fingerprint density at radius 2 is 1.62 bits per heavy atom. The van der Waals surface area contributed by atoms with Gasteiger partial charge in [0.1, 0.15) is 11.4 Å². The molecule has 1 aromatic heterocycles. The summed E-state index contributed by atoms with van der Waals surface area (Å²) in [7, 11) is 0. The molecule has 5 N–H and O–H groups in total. The first-order valence-corrected chi connectivity index (χ1v) is 7.53. The molecule has 0 saturated carbocycles. The van der Waals surface area contributed by atoms with Gasteiger partial charge in [0.05, 0.1) is 0 Å². The maximum absolute atomic E-state index is 12.2. The molecule has 5 nitrogen and oxygen atoms in total. The molecule has 0 saturated heterocycles. The number of nitrogens with zero attached hydrogens (tertiary/aromatic N) is 1. The van der Waals surface area contributed by atoms with Crippen molar-refractivity contribution in [3.63, 3.8) is 0 Å². The molecule has 0 fully saturated rings. The number of hydrogen-bond donors (Lipinski definition) is 3. The first-order chi connectivity index (χ1) is 11.6. The van der Waals surface area contributed by atoms with E-state index in [0.717, 1.165) is 5.69 Å². The summed E-state index contributed by atoms with van der Waals surface area (Å²) in [5, 5.41) is 3.19. The second-order valence-electron chi connectivity index (χ2n) is 5.46. The first kappa shape index (κ1) is 15.7. The van der Waals surface area contributed by atoms with Gasteiger partial charge in [-0.3, -0.25) is 4.79 Å². The van der Waals surface area contributed by atoms with Crippen LogP contribution in [0.3, 0.4) is 0 Å². The average Bonchev–Trinajstić information content (AvgIpc) is 2.62. The second kappa shape index (κ2) is 6.52. The Morgan fingerprint density at radius 3 is 2.29 bits per heavy atom. The zero-order valence-electron chi connectivity index (χ0n) is 13.0. The summed E-state index contributed by atoms with van der Waals surface area (Å²) >= 11 is 0. The van der Waals surface area contributed by atoms with Crippen LogP contribution in [0.1, 0.15) is 11.1 Å². The maximum atomic E-state index is 12.2. The van der Waals surface area contributed by atoms with Crippen molar-refractivity contribution in [2.45, 2.75) is 5.54 Å². The largest absolute Gasteiger partial charge is 0.367 e. The van der Waals surface area contributed by atoms with Gasteiger partial charge < -0.3 is 16.8 Å². The number of pyridine rings is 1. The van der Waals surface area contributed by atoms with Crippen LogP contribution in [0.15, 0.2) is 79.0 Å². The standard InChI is InChI=1S/C19H18N4O/c20-18(24)19(21,14-7-2-1-3-8-14)15-9-6-10-16(13-15)23-17-11-4-5-12-22-17/h1-13H,21H2,(H2,20,24)(H,22,23). The molecule has 1 unspecified atom stereocenters. The zero-order chi connectivity index (χ0) is 17.0. The summed E-state index contributed by atoms with van der Waals surface area (Å²) in [4.78, 5) is 16.4. The van der Waals surface area contributed by atoms with Gasteiger partial charge in [-0.2, -0.15) is 0 Å². The van der Waals surface area contributed by atoms with E-state index in [9.17, 15) is 4.79 Å². The van der Waals surface area contributed by atoms with Gasteiger partial charge in [-0.1, -0.05) is 48.5 Å². The fraction of sp³-hybridized carbons (Fsp3) is 0.0526. The molecular formula is C19H18N4O. The number of hydrogen-bond acceptors (Lipinski definition) is 4. The molecule has 3 rings (SSSR count). The molecule has 0 aliphatic heterocycles. The molecule has 0 spiro atoms. The molecule has 5 heteroatoms.